The minimum atomic E-state index is -0.610. The summed E-state index contributed by atoms with van der Waals surface area (Å²) in [7, 11) is 0. The van der Waals surface area contributed by atoms with Gasteiger partial charge in [-0.2, -0.15) is 0 Å². The predicted octanol–water partition coefficient (Wildman–Crippen LogP) is 3.89. The molecule has 2 heterocycles. The zero-order chi connectivity index (χ0) is 19.7. The monoisotopic (exact) mass is 398 g/mol. The van der Waals surface area contributed by atoms with Crippen LogP contribution in [0.3, 0.4) is 0 Å². The average Bonchev–Trinajstić information content (AvgIpc) is 3.02. The second-order valence-electron chi connectivity index (χ2n) is 7.33. The quantitative estimate of drug-likeness (QED) is 0.849. The molecule has 28 heavy (non-hydrogen) atoms. The first-order valence-electron chi connectivity index (χ1n) is 9.61. The molecule has 0 saturated carbocycles. The summed E-state index contributed by atoms with van der Waals surface area (Å²) in [6.07, 6.45) is 1.49. The van der Waals surface area contributed by atoms with E-state index in [4.69, 9.17) is 16.3 Å². The van der Waals surface area contributed by atoms with Gasteiger partial charge in [0.2, 0.25) is 5.91 Å². The van der Waals surface area contributed by atoms with Crippen LogP contribution >= 0.6 is 11.6 Å². The van der Waals surface area contributed by atoms with Crippen molar-refractivity contribution in [2.45, 2.75) is 37.9 Å². The number of fused-ring (bicyclic) bond motifs is 1. The Hall–Kier alpha value is -2.37. The van der Waals surface area contributed by atoms with Crippen molar-refractivity contribution in [1.29, 1.82) is 0 Å². The molecular formula is C22H23ClN2O3. The van der Waals surface area contributed by atoms with Gasteiger partial charge in [-0.05, 0) is 49.1 Å². The van der Waals surface area contributed by atoms with Gasteiger partial charge in [0, 0.05) is 29.8 Å². The molecule has 1 N–H and O–H groups in total. The van der Waals surface area contributed by atoms with Crippen molar-refractivity contribution in [3.63, 3.8) is 0 Å². The van der Waals surface area contributed by atoms with E-state index in [1.807, 2.05) is 49.4 Å². The molecule has 2 aliphatic rings. The van der Waals surface area contributed by atoms with Crippen molar-refractivity contribution in [3.05, 3.63) is 70.2 Å². The van der Waals surface area contributed by atoms with Crippen LogP contribution in [-0.2, 0) is 9.53 Å². The van der Waals surface area contributed by atoms with Gasteiger partial charge >= 0.3 is 0 Å². The summed E-state index contributed by atoms with van der Waals surface area (Å²) < 4.78 is 5.45. The van der Waals surface area contributed by atoms with Gasteiger partial charge < -0.3 is 15.0 Å². The number of hydrogen-bond donors (Lipinski definition) is 1. The average molecular weight is 399 g/mol. The number of nitrogens with zero attached hydrogens (tertiary/aromatic N) is 1. The lowest BCUT2D eigenvalue weighted by Gasteiger charge is -2.35. The maximum Gasteiger partial charge on any atom is 0.255 e. The smallest absolute Gasteiger partial charge is 0.255 e. The van der Waals surface area contributed by atoms with E-state index < -0.39 is 6.04 Å². The molecule has 2 aliphatic heterocycles. The molecule has 0 aliphatic carbocycles. The zero-order valence-electron chi connectivity index (χ0n) is 15.7. The molecule has 1 fully saturated rings. The summed E-state index contributed by atoms with van der Waals surface area (Å²) in [5.74, 6) is -0.228. The van der Waals surface area contributed by atoms with E-state index in [0.717, 1.165) is 24.0 Å². The molecule has 0 aromatic heterocycles. The Morgan fingerprint density at radius 2 is 1.82 bits per heavy atom. The van der Waals surface area contributed by atoms with E-state index in [-0.39, 0.29) is 23.9 Å². The Morgan fingerprint density at radius 1 is 1.14 bits per heavy atom. The van der Waals surface area contributed by atoms with Crippen LogP contribution in [0.25, 0.3) is 0 Å². The Balaban J connectivity index is 1.61. The van der Waals surface area contributed by atoms with Gasteiger partial charge in [0.15, 0.2) is 0 Å². The topological polar surface area (TPSA) is 58.6 Å². The predicted molar refractivity (Wildman–Crippen MR) is 107 cm³/mol. The van der Waals surface area contributed by atoms with Crippen molar-refractivity contribution in [1.82, 2.24) is 10.2 Å². The molecule has 2 aromatic rings. The van der Waals surface area contributed by atoms with Crippen LogP contribution in [0.5, 0.6) is 0 Å². The molecule has 2 atom stereocenters. The summed E-state index contributed by atoms with van der Waals surface area (Å²) in [4.78, 5) is 28.2. The highest BCUT2D eigenvalue weighted by molar-refractivity contribution is 6.30. The number of carbonyl (C=O) groups excluding carboxylic acids is 2. The van der Waals surface area contributed by atoms with E-state index in [1.54, 1.807) is 11.0 Å². The van der Waals surface area contributed by atoms with E-state index in [0.29, 0.717) is 23.8 Å². The number of carbonyl (C=O) groups is 2. The first-order valence-corrected chi connectivity index (χ1v) is 9.99. The molecule has 0 spiro atoms. The second kappa shape index (κ2) is 7.94. The van der Waals surface area contributed by atoms with Crippen molar-refractivity contribution < 1.29 is 14.3 Å². The van der Waals surface area contributed by atoms with Crippen molar-refractivity contribution in [3.8, 4) is 0 Å². The lowest BCUT2D eigenvalue weighted by Crippen LogP contribution is -2.47. The number of hydrogen-bond acceptors (Lipinski definition) is 3. The van der Waals surface area contributed by atoms with Gasteiger partial charge in [0.1, 0.15) is 6.04 Å². The summed E-state index contributed by atoms with van der Waals surface area (Å²) >= 11 is 5.96. The molecule has 0 radical (unpaired) electrons. The molecule has 2 unspecified atom stereocenters. The summed E-state index contributed by atoms with van der Waals surface area (Å²) in [6.45, 7) is 3.16. The fourth-order valence-corrected chi connectivity index (χ4v) is 4.20. The van der Waals surface area contributed by atoms with Crippen LogP contribution in [-0.4, -0.2) is 36.0 Å². The molecule has 5 nitrogen and oxygen atoms in total. The highest BCUT2D eigenvalue weighted by Crippen LogP contribution is 2.38. The summed E-state index contributed by atoms with van der Waals surface area (Å²) in [5.41, 5.74) is 2.36. The van der Waals surface area contributed by atoms with E-state index >= 15 is 0 Å². The molecule has 6 heteroatoms. The van der Waals surface area contributed by atoms with Crippen LogP contribution in [0.15, 0.2) is 48.5 Å². The highest BCUT2D eigenvalue weighted by atomic mass is 35.5. The first kappa shape index (κ1) is 19.0. The molecule has 1 saturated heterocycles. The Morgan fingerprint density at radius 3 is 2.54 bits per heavy atom. The van der Waals surface area contributed by atoms with E-state index in [9.17, 15) is 9.59 Å². The number of benzene rings is 2. The Labute approximate surface area is 169 Å². The Kier molecular flexibility index (Phi) is 5.38. The third kappa shape index (κ3) is 3.52. The van der Waals surface area contributed by atoms with Crippen LogP contribution in [0, 0.1) is 0 Å². The van der Waals surface area contributed by atoms with Gasteiger partial charge in [-0.3, -0.25) is 9.59 Å². The van der Waals surface area contributed by atoms with Crippen molar-refractivity contribution >= 4 is 23.4 Å². The largest absolute Gasteiger partial charge is 0.381 e. The molecule has 146 valence electrons. The molecule has 2 aromatic carbocycles. The molecule has 2 amide bonds. The lowest BCUT2D eigenvalue weighted by molar-refractivity contribution is -0.127. The van der Waals surface area contributed by atoms with Crippen LogP contribution < -0.4 is 5.32 Å². The van der Waals surface area contributed by atoms with Gasteiger partial charge in [0.25, 0.3) is 5.91 Å². The van der Waals surface area contributed by atoms with Gasteiger partial charge in [-0.1, -0.05) is 41.9 Å². The number of nitrogens with one attached hydrogen (secondary N) is 1. The number of amides is 2. The minimum absolute atomic E-state index is 0.00948. The van der Waals surface area contributed by atoms with Gasteiger partial charge in [0.05, 0.1) is 6.04 Å². The maximum absolute atomic E-state index is 13.3. The SMILES string of the molecule is CC(NC(=O)C1c2ccccc2C(=O)N1C1CCOCC1)c1ccc(Cl)cc1. The zero-order valence-corrected chi connectivity index (χ0v) is 16.5. The van der Waals surface area contributed by atoms with Crippen molar-refractivity contribution in [2.24, 2.45) is 0 Å². The summed E-state index contributed by atoms with van der Waals surface area (Å²) in [6, 6.07) is 14.0. The van der Waals surface area contributed by atoms with E-state index in [1.165, 1.54) is 0 Å². The Bertz CT molecular complexity index is 878. The van der Waals surface area contributed by atoms with Crippen LogP contribution in [0.4, 0.5) is 0 Å². The van der Waals surface area contributed by atoms with Gasteiger partial charge in [-0.25, -0.2) is 0 Å². The van der Waals surface area contributed by atoms with E-state index in [2.05, 4.69) is 5.32 Å². The fourth-order valence-electron chi connectivity index (χ4n) is 4.07. The maximum atomic E-state index is 13.3. The van der Waals surface area contributed by atoms with Crippen molar-refractivity contribution in [2.75, 3.05) is 13.2 Å². The third-order valence-electron chi connectivity index (χ3n) is 5.56. The second-order valence-corrected chi connectivity index (χ2v) is 7.76. The van der Waals surface area contributed by atoms with Crippen LogP contribution in [0.2, 0.25) is 5.02 Å². The third-order valence-corrected chi connectivity index (χ3v) is 5.81. The minimum Gasteiger partial charge on any atom is -0.381 e. The standard InChI is InChI=1S/C22H23ClN2O3/c1-14(15-6-8-16(23)9-7-15)24-21(26)20-18-4-2-3-5-19(18)22(27)25(20)17-10-12-28-13-11-17/h2-9,14,17,20H,10-13H2,1H3,(H,24,26). The van der Waals surface area contributed by atoms with Gasteiger partial charge in [-0.15, -0.1) is 0 Å². The highest BCUT2D eigenvalue weighted by Gasteiger charge is 2.44. The molecular weight excluding hydrogens is 376 g/mol. The normalized spacial score (nSPS) is 20.7. The molecule has 4 rings (SSSR count). The molecule has 0 bridgehead atoms. The number of rotatable bonds is 4. The summed E-state index contributed by atoms with van der Waals surface area (Å²) in [5, 5.41) is 3.74. The lowest BCUT2D eigenvalue weighted by atomic mass is 10.0. The first-order chi connectivity index (χ1) is 13.6. The van der Waals surface area contributed by atoms with Crippen LogP contribution in [0.1, 0.15) is 53.3 Å². The fraction of sp³-hybridized carbons (Fsp3) is 0.364. The number of ether oxygens (including phenoxy) is 1. The number of halogens is 1.